The van der Waals surface area contributed by atoms with Crippen LogP contribution in [0.5, 0.6) is 5.75 Å². The van der Waals surface area contributed by atoms with Crippen molar-refractivity contribution in [2.45, 2.75) is 12.8 Å². The predicted molar refractivity (Wildman–Crippen MR) is 88.3 cm³/mol. The summed E-state index contributed by atoms with van der Waals surface area (Å²) in [4.78, 5) is 26.8. The molecule has 0 aromatic heterocycles. The molecule has 0 radical (unpaired) electrons. The Hall–Kier alpha value is -2.31. The Bertz CT molecular complexity index is 563. The highest BCUT2D eigenvalue weighted by molar-refractivity contribution is 5.83. The maximum absolute atomic E-state index is 12.9. The number of rotatable bonds is 5. The van der Waals surface area contributed by atoms with Crippen molar-refractivity contribution in [2.75, 3.05) is 40.3 Å². The van der Waals surface area contributed by atoms with Gasteiger partial charge >= 0.3 is 6.03 Å². The number of carbonyl (C=O) groups is 2. The molecule has 0 saturated carbocycles. The quantitative estimate of drug-likeness (QED) is 0.890. The van der Waals surface area contributed by atoms with E-state index in [4.69, 9.17) is 4.74 Å². The van der Waals surface area contributed by atoms with Crippen molar-refractivity contribution in [3.8, 4) is 5.75 Å². The molecule has 3 amide bonds. The zero-order valence-corrected chi connectivity index (χ0v) is 14.1. The van der Waals surface area contributed by atoms with Gasteiger partial charge in [-0.3, -0.25) is 4.79 Å². The summed E-state index contributed by atoms with van der Waals surface area (Å²) in [5.74, 6) is 0.476. The van der Waals surface area contributed by atoms with Gasteiger partial charge in [0, 0.05) is 33.1 Å². The number of piperidine rings is 1. The van der Waals surface area contributed by atoms with Gasteiger partial charge in [0.1, 0.15) is 11.6 Å². The van der Waals surface area contributed by atoms with E-state index in [1.54, 1.807) is 31.1 Å². The van der Waals surface area contributed by atoms with E-state index in [2.05, 4.69) is 5.32 Å². The monoisotopic (exact) mass is 337 g/mol. The first-order chi connectivity index (χ1) is 11.5. The molecule has 1 aliphatic heterocycles. The van der Waals surface area contributed by atoms with Crippen LogP contribution in [0.15, 0.2) is 24.3 Å². The van der Waals surface area contributed by atoms with E-state index in [1.807, 2.05) is 0 Å². The second kappa shape index (κ2) is 8.52. The van der Waals surface area contributed by atoms with Crippen LogP contribution in [0, 0.1) is 11.7 Å². The van der Waals surface area contributed by atoms with Crippen molar-refractivity contribution in [2.24, 2.45) is 5.92 Å². The largest absolute Gasteiger partial charge is 0.493 e. The van der Waals surface area contributed by atoms with Gasteiger partial charge in [-0.15, -0.1) is 0 Å². The molecule has 0 aliphatic carbocycles. The number of hydrogen-bond acceptors (Lipinski definition) is 3. The predicted octanol–water partition coefficient (Wildman–Crippen LogP) is 1.71. The number of benzene rings is 1. The number of likely N-dealkylation sites (tertiary alicyclic amines) is 1. The Labute approximate surface area is 141 Å². The molecule has 1 atom stereocenters. The van der Waals surface area contributed by atoms with Gasteiger partial charge in [-0.2, -0.15) is 0 Å². The van der Waals surface area contributed by atoms with Crippen molar-refractivity contribution in [3.05, 3.63) is 30.1 Å². The van der Waals surface area contributed by atoms with Gasteiger partial charge in [-0.05, 0) is 37.1 Å². The molecule has 1 heterocycles. The standard InChI is InChI=1S/C17H24FN3O3/c1-20(2)17(23)19-10-16(22)21-9-3-4-13(11-21)12-24-15-7-5-14(18)6-8-15/h5-8,13H,3-4,9-12H2,1-2H3,(H,19,23). The van der Waals surface area contributed by atoms with Crippen LogP contribution in [-0.4, -0.2) is 62.1 Å². The lowest BCUT2D eigenvalue weighted by molar-refractivity contribution is -0.132. The summed E-state index contributed by atoms with van der Waals surface area (Å²) in [7, 11) is 3.26. The van der Waals surface area contributed by atoms with Crippen molar-refractivity contribution >= 4 is 11.9 Å². The number of nitrogens with zero attached hydrogens (tertiary/aromatic N) is 2. The SMILES string of the molecule is CN(C)C(=O)NCC(=O)N1CCCC(COc2ccc(F)cc2)C1. The van der Waals surface area contributed by atoms with E-state index in [0.717, 1.165) is 12.8 Å². The lowest BCUT2D eigenvalue weighted by Gasteiger charge is -2.32. The van der Waals surface area contributed by atoms with E-state index < -0.39 is 0 Å². The van der Waals surface area contributed by atoms with Crippen LogP contribution >= 0.6 is 0 Å². The van der Waals surface area contributed by atoms with E-state index in [-0.39, 0.29) is 30.2 Å². The first-order valence-corrected chi connectivity index (χ1v) is 8.07. The Morgan fingerprint density at radius 3 is 2.71 bits per heavy atom. The summed E-state index contributed by atoms with van der Waals surface area (Å²) in [6.07, 6.45) is 1.89. The third-order valence-corrected chi connectivity index (χ3v) is 3.97. The van der Waals surface area contributed by atoms with Crippen molar-refractivity contribution < 1.29 is 18.7 Å². The molecule has 24 heavy (non-hydrogen) atoms. The first kappa shape index (κ1) is 18.0. The Balaban J connectivity index is 1.77. The molecule has 1 saturated heterocycles. The first-order valence-electron chi connectivity index (χ1n) is 8.07. The number of urea groups is 1. The maximum atomic E-state index is 12.9. The smallest absolute Gasteiger partial charge is 0.317 e. The molecular formula is C17H24FN3O3. The number of hydrogen-bond donors (Lipinski definition) is 1. The zero-order chi connectivity index (χ0) is 17.5. The number of carbonyl (C=O) groups excluding carboxylic acids is 2. The molecule has 1 N–H and O–H groups in total. The van der Waals surface area contributed by atoms with Gasteiger partial charge in [0.2, 0.25) is 5.91 Å². The molecule has 1 unspecified atom stereocenters. The molecule has 1 aromatic rings. The number of amides is 3. The minimum atomic E-state index is -0.295. The van der Waals surface area contributed by atoms with Crippen LogP contribution < -0.4 is 10.1 Å². The van der Waals surface area contributed by atoms with E-state index in [9.17, 15) is 14.0 Å². The van der Waals surface area contributed by atoms with Crippen LogP contribution in [0.3, 0.4) is 0 Å². The summed E-state index contributed by atoms with van der Waals surface area (Å²) in [5, 5.41) is 2.59. The fraction of sp³-hybridized carbons (Fsp3) is 0.529. The van der Waals surface area contributed by atoms with Crippen LogP contribution in [0.2, 0.25) is 0 Å². The van der Waals surface area contributed by atoms with Crippen LogP contribution in [0.1, 0.15) is 12.8 Å². The summed E-state index contributed by atoms with van der Waals surface area (Å²) in [5.41, 5.74) is 0. The Kier molecular flexibility index (Phi) is 6.40. The Morgan fingerprint density at radius 1 is 1.33 bits per heavy atom. The van der Waals surface area contributed by atoms with Gasteiger partial charge in [-0.25, -0.2) is 9.18 Å². The highest BCUT2D eigenvalue weighted by atomic mass is 19.1. The second-order valence-electron chi connectivity index (χ2n) is 6.17. The number of nitrogens with one attached hydrogen (secondary N) is 1. The minimum absolute atomic E-state index is 0.00253. The van der Waals surface area contributed by atoms with Crippen LogP contribution in [0.4, 0.5) is 9.18 Å². The lowest BCUT2D eigenvalue weighted by atomic mass is 9.99. The molecular weight excluding hydrogens is 313 g/mol. The number of ether oxygens (including phenoxy) is 1. The van der Waals surface area contributed by atoms with Crippen molar-refractivity contribution in [1.29, 1.82) is 0 Å². The van der Waals surface area contributed by atoms with E-state index in [0.29, 0.717) is 25.4 Å². The van der Waals surface area contributed by atoms with E-state index in [1.165, 1.54) is 17.0 Å². The van der Waals surface area contributed by atoms with Gasteiger partial charge < -0.3 is 19.9 Å². The third-order valence-electron chi connectivity index (χ3n) is 3.97. The van der Waals surface area contributed by atoms with Crippen LogP contribution in [-0.2, 0) is 4.79 Å². The normalized spacial score (nSPS) is 17.3. The van der Waals surface area contributed by atoms with Gasteiger partial charge in [0.25, 0.3) is 0 Å². The van der Waals surface area contributed by atoms with Gasteiger partial charge in [0.05, 0.1) is 13.2 Å². The summed E-state index contributed by atoms with van der Waals surface area (Å²) in [6, 6.07) is 5.63. The summed E-state index contributed by atoms with van der Waals surface area (Å²) < 4.78 is 18.5. The highest BCUT2D eigenvalue weighted by Crippen LogP contribution is 2.19. The molecule has 1 aliphatic rings. The molecule has 2 rings (SSSR count). The molecule has 0 bridgehead atoms. The molecule has 7 heteroatoms. The highest BCUT2D eigenvalue weighted by Gasteiger charge is 2.24. The minimum Gasteiger partial charge on any atom is -0.493 e. The van der Waals surface area contributed by atoms with Crippen LogP contribution in [0.25, 0.3) is 0 Å². The van der Waals surface area contributed by atoms with Gasteiger partial charge in [0.15, 0.2) is 0 Å². The molecule has 1 aromatic carbocycles. The lowest BCUT2D eigenvalue weighted by Crippen LogP contribution is -2.47. The third kappa shape index (κ3) is 5.40. The number of halogens is 1. The van der Waals surface area contributed by atoms with Gasteiger partial charge in [-0.1, -0.05) is 0 Å². The molecule has 1 fully saturated rings. The zero-order valence-electron chi connectivity index (χ0n) is 14.1. The maximum Gasteiger partial charge on any atom is 0.317 e. The average Bonchev–Trinajstić information content (AvgIpc) is 2.59. The van der Waals surface area contributed by atoms with Crippen molar-refractivity contribution in [3.63, 3.8) is 0 Å². The summed E-state index contributed by atoms with van der Waals surface area (Å²) >= 11 is 0. The molecule has 6 nitrogen and oxygen atoms in total. The Morgan fingerprint density at radius 2 is 2.04 bits per heavy atom. The fourth-order valence-electron chi connectivity index (χ4n) is 2.59. The van der Waals surface area contributed by atoms with Crippen molar-refractivity contribution in [1.82, 2.24) is 15.1 Å². The molecule has 132 valence electrons. The summed E-state index contributed by atoms with van der Waals surface area (Å²) in [6.45, 7) is 1.80. The topological polar surface area (TPSA) is 61.9 Å². The average molecular weight is 337 g/mol. The second-order valence-corrected chi connectivity index (χ2v) is 6.17. The molecule has 0 spiro atoms. The fourth-order valence-corrected chi connectivity index (χ4v) is 2.59. The van der Waals surface area contributed by atoms with E-state index >= 15 is 0 Å².